The predicted molar refractivity (Wildman–Crippen MR) is 260 cm³/mol. The summed E-state index contributed by atoms with van der Waals surface area (Å²) < 4.78 is 24.6. The van der Waals surface area contributed by atoms with Crippen LogP contribution in [0.15, 0.2) is 60.7 Å². The van der Waals surface area contributed by atoms with Gasteiger partial charge in [-0.2, -0.15) is 0 Å². The zero-order valence-electron chi connectivity index (χ0n) is 30.5. The fourth-order valence-electron chi connectivity index (χ4n) is 6.46. The number of benzene rings is 2. The molecule has 6 heterocycles. The van der Waals surface area contributed by atoms with E-state index in [1.807, 2.05) is 68.0 Å². The van der Waals surface area contributed by atoms with Crippen molar-refractivity contribution in [3.05, 3.63) is 70.4 Å². The van der Waals surface area contributed by atoms with E-state index in [1.54, 1.807) is 23.5 Å². The lowest BCUT2D eigenvalue weighted by Crippen LogP contribution is -2.05. The smallest absolute Gasteiger partial charge is 0.220 e. The summed E-state index contributed by atoms with van der Waals surface area (Å²) in [6.45, 7) is 8.77. The van der Waals surface area contributed by atoms with Gasteiger partial charge in [0, 0.05) is 70.0 Å². The minimum Gasteiger partial charge on any atom is -0.470 e. The third kappa shape index (κ3) is 8.22. The molecule has 0 saturated carbocycles. The molecule has 0 aliphatic rings. The first-order chi connectivity index (χ1) is 26.3. The van der Waals surface area contributed by atoms with Crippen molar-refractivity contribution in [3.8, 4) is 20.9 Å². The summed E-state index contributed by atoms with van der Waals surface area (Å²) in [5.74, 6) is 2.06. The summed E-state index contributed by atoms with van der Waals surface area (Å²) >= 11 is 25.7. The maximum Gasteiger partial charge on any atom is 0.220 e. The quantitative estimate of drug-likeness (QED) is 0.0794. The molecule has 2 aromatic carbocycles. The SMILES string of the molecule is CCCCSC(=S)OC(CC)c1cc2sc(-c3ccc4c(c3)sc3c5ccc(-c6cc7sc(C(CC)OC(=S)SCCCC)cc7s6)cc5sc43)cc2s1. The van der Waals surface area contributed by atoms with E-state index in [0.29, 0.717) is 8.77 Å². The number of fused-ring (bicyclic) bond motifs is 7. The fourth-order valence-corrected chi connectivity index (χ4v) is 16.5. The Morgan fingerprint density at radius 1 is 0.537 bits per heavy atom. The zero-order valence-corrected chi connectivity index (χ0v) is 38.6. The first-order valence-electron chi connectivity index (χ1n) is 18.5. The van der Waals surface area contributed by atoms with Crippen LogP contribution in [0, 0.1) is 0 Å². The van der Waals surface area contributed by atoms with Gasteiger partial charge in [0.05, 0.1) is 9.40 Å². The minimum atomic E-state index is 0.0276. The van der Waals surface area contributed by atoms with Gasteiger partial charge in [0.15, 0.2) is 0 Å². The molecule has 0 aliphatic carbocycles. The second kappa shape index (κ2) is 17.5. The maximum atomic E-state index is 6.22. The topological polar surface area (TPSA) is 18.5 Å². The number of ether oxygens (including phenoxy) is 2. The fraction of sp³-hybridized carbons (Fsp3) is 0.333. The molecule has 0 bridgehead atoms. The molecule has 0 aliphatic heterocycles. The van der Waals surface area contributed by atoms with Gasteiger partial charge in [-0.25, -0.2) is 0 Å². The highest BCUT2D eigenvalue weighted by Crippen LogP contribution is 2.49. The van der Waals surface area contributed by atoms with Crippen molar-refractivity contribution >= 4 is 173 Å². The van der Waals surface area contributed by atoms with Crippen molar-refractivity contribution in [1.82, 2.24) is 0 Å². The second-order valence-electron chi connectivity index (χ2n) is 13.2. The lowest BCUT2D eigenvalue weighted by Gasteiger charge is -2.16. The van der Waals surface area contributed by atoms with Crippen LogP contribution in [-0.4, -0.2) is 20.3 Å². The highest BCUT2D eigenvalue weighted by atomic mass is 32.2. The minimum absolute atomic E-state index is 0.0276. The maximum absolute atomic E-state index is 6.22. The largest absolute Gasteiger partial charge is 0.470 e. The molecule has 8 aromatic rings. The molecule has 0 N–H and O–H groups in total. The molecule has 0 fully saturated rings. The molecule has 0 saturated heterocycles. The van der Waals surface area contributed by atoms with Crippen LogP contribution in [0.25, 0.3) is 69.3 Å². The third-order valence-electron chi connectivity index (χ3n) is 9.39. The monoisotopic (exact) mass is 896 g/mol. The van der Waals surface area contributed by atoms with E-state index in [2.05, 4.69) is 88.4 Å². The van der Waals surface area contributed by atoms with Crippen LogP contribution in [0.5, 0.6) is 0 Å². The number of hydrogen-bond donors (Lipinski definition) is 0. The molecule has 12 heteroatoms. The number of rotatable bonds is 14. The van der Waals surface area contributed by atoms with Crippen LogP contribution in [0.4, 0.5) is 0 Å². The molecular weight excluding hydrogens is 857 g/mol. The second-order valence-corrected chi connectivity index (χ2v) is 23.1. The zero-order chi connectivity index (χ0) is 37.3. The Morgan fingerprint density at radius 3 is 1.35 bits per heavy atom. The molecule has 6 aromatic heterocycles. The number of hydrogen-bond acceptors (Lipinski definition) is 12. The Hall–Kier alpha value is -1.58. The Morgan fingerprint density at radius 2 is 0.963 bits per heavy atom. The van der Waals surface area contributed by atoms with Crippen molar-refractivity contribution in [3.63, 3.8) is 0 Å². The summed E-state index contributed by atoms with van der Waals surface area (Å²) in [5.41, 5.74) is 2.59. The van der Waals surface area contributed by atoms with E-state index in [1.165, 1.54) is 91.8 Å². The number of thioether (sulfide) groups is 2. The first-order valence-corrected chi connectivity index (χ1v) is 26.2. The molecule has 54 heavy (non-hydrogen) atoms. The van der Waals surface area contributed by atoms with Crippen molar-refractivity contribution in [2.45, 2.75) is 78.4 Å². The predicted octanol–water partition coefficient (Wildman–Crippen LogP) is 17.7. The molecule has 0 radical (unpaired) electrons. The van der Waals surface area contributed by atoms with Crippen LogP contribution in [-0.2, 0) is 9.47 Å². The number of thiophene rings is 6. The van der Waals surface area contributed by atoms with E-state index in [4.69, 9.17) is 33.9 Å². The van der Waals surface area contributed by atoms with Gasteiger partial charge in [-0.05, 0) is 97.6 Å². The first kappa shape index (κ1) is 39.3. The van der Waals surface area contributed by atoms with E-state index < -0.39 is 0 Å². The number of unbranched alkanes of at least 4 members (excludes halogenated alkanes) is 2. The van der Waals surface area contributed by atoms with Crippen LogP contribution in [0.3, 0.4) is 0 Å². The van der Waals surface area contributed by atoms with Gasteiger partial charge in [0.2, 0.25) is 8.77 Å². The molecular formula is C42H40O2S10. The van der Waals surface area contributed by atoms with E-state index in [-0.39, 0.29) is 12.2 Å². The van der Waals surface area contributed by atoms with Gasteiger partial charge in [0.25, 0.3) is 0 Å². The van der Waals surface area contributed by atoms with Gasteiger partial charge < -0.3 is 9.47 Å². The standard InChI is InChI=1S/C42H40O2S10/c1-5-9-15-47-41(45)43-27(7-3)33-21-37-35(51-33)19-29(49-37)23-11-13-25-31(17-23)53-40-26-14-12-24(18-32(26)54-39(25)40)30-20-36-38(50-30)22-34(52-36)28(8-4)44-42(46)48-16-10-6-2/h11-14,17-22,27-28H,5-10,15-16H2,1-4H3. The summed E-state index contributed by atoms with van der Waals surface area (Å²) in [5, 5.41) is 2.72. The summed E-state index contributed by atoms with van der Waals surface area (Å²) in [7, 11) is 0. The van der Waals surface area contributed by atoms with Gasteiger partial charge >= 0.3 is 0 Å². The number of thiocarbonyl (C=S) groups is 2. The van der Waals surface area contributed by atoms with Gasteiger partial charge in [-0.15, -0.1) is 68.0 Å². The van der Waals surface area contributed by atoms with E-state index in [9.17, 15) is 0 Å². The van der Waals surface area contributed by atoms with Crippen LogP contribution >= 0.6 is 116 Å². The molecule has 2 unspecified atom stereocenters. The highest BCUT2D eigenvalue weighted by molar-refractivity contribution is 8.22. The van der Waals surface area contributed by atoms with E-state index >= 15 is 0 Å². The van der Waals surface area contributed by atoms with E-state index in [0.717, 1.165) is 37.2 Å². The summed E-state index contributed by atoms with van der Waals surface area (Å²) in [6, 6.07) is 23.5. The van der Waals surface area contributed by atoms with Crippen molar-refractivity contribution in [1.29, 1.82) is 0 Å². The molecule has 8 rings (SSSR count). The normalized spacial score (nSPS) is 13.2. The Labute approximate surface area is 360 Å². The summed E-state index contributed by atoms with van der Waals surface area (Å²) in [4.78, 5) is 5.18. The molecule has 0 spiro atoms. The van der Waals surface area contributed by atoms with Gasteiger partial charge in [-0.3, -0.25) is 0 Å². The average Bonchev–Trinajstić information content (AvgIpc) is 4.01. The lowest BCUT2D eigenvalue weighted by molar-refractivity contribution is 0.204. The van der Waals surface area contributed by atoms with Crippen molar-refractivity contribution < 1.29 is 9.47 Å². The van der Waals surface area contributed by atoms with Crippen molar-refractivity contribution in [2.24, 2.45) is 0 Å². The molecule has 280 valence electrons. The van der Waals surface area contributed by atoms with Gasteiger partial charge in [-0.1, -0.05) is 88.3 Å². The lowest BCUT2D eigenvalue weighted by atomic mass is 10.1. The van der Waals surface area contributed by atoms with Crippen molar-refractivity contribution in [2.75, 3.05) is 11.5 Å². The Balaban J connectivity index is 0.991. The Kier molecular flexibility index (Phi) is 12.7. The highest BCUT2D eigenvalue weighted by Gasteiger charge is 2.21. The van der Waals surface area contributed by atoms with Crippen LogP contribution in [0.1, 0.15) is 88.2 Å². The molecule has 2 atom stereocenters. The Bertz CT molecular complexity index is 2350. The third-order valence-corrected chi connectivity index (χ3v) is 19.3. The average molecular weight is 897 g/mol. The van der Waals surface area contributed by atoms with Crippen LogP contribution in [0.2, 0.25) is 0 Å². The summed E-state index contributed by atoms with van der Waals surface area (Å²) in [6.07, 6.45) is 6.56. The molecule has 2 nitrogen and oxygen atoms in total. The van der Waals surface area contributed by atoms with Crippen LogP contribution < -0.4 is 0 Å². The molecule has 0 amide bonds. The van der Waals surface area contributed by atoms with Gasteiger partial charge in [0.1, 0.15) is 12.2 Å².